The molecule has 6 heteroatoms. The maximum atomic E-state index is 11.9. The number of sulfonamides is 1. The minimum absolute atomic E-state index is 0.0181. The van der Waals surface area contributed by atoms with Crippen molar-refractivity contribution >= 4 is 21.6 Å². The van der Waals surface area contributed by atoms with Crippen molar-refractivity contribution in [1.29, 1.82) is 0 Å². The number of carbonyl (C=O) groups excluding carboxylic acids is 1. The van der Waals surface area contributed by atoms with E-state index in [4.69, 9.17) is 0 Å². The van der Waals surface area contributed by atoms with Gasteiger partial charge in [0.25, 0.3) is 0 Å². The number of amides is 1. The number of carbonyl (C=O) groups is 1. The molecule has 0 saturated heterocycles. The van der Waals surface area contributed by atoms with Crippen molar-refractivity contribution in [2.45, 2.75) is 26.2 Å². The van der Waals surface area contributed by atoms with Crippen LogP contribution in [0.1, 0.15) is 26.3 Å². The Morgan fingerprint density at radius 3 is 2.23 bits per heavy atom. The van der Waals surface area contributed by atoms with Crippen LogP contribution in [0.3, 0.4) is 0 Å². The van der Waals surface area contributed by atoms with Crippen LogP contribution in [0.2, 0.25) is 0 Å². The molecule has 0 radical (unpaired) electrons. The van der Waals surface area contributed by atoms with Crippen LogP contribution in [0, 0.1) is 0 Å². The van der Waals surface area contributed by atoms with Crippen LogP contribution < -0.4 is 9.62 Å². The molecule has 22 heavy (non-hydrogen) atoms. The summed E-state index contributed by atoms with van der Waals surface area (Å²) >= 11 is 0. The summed E-state index contributed by atoms with van der Waals surface area (Å²) in [5.41, 5.74) is 1.56. The van der Waals surface area contributed by atoms with Gasteiger partial charge in [-0.25, -0.2) is 8.42 Å². The summed E-state index contributed by atoms with van der Waals surface area (Å²) in [6.07, 6.45) is 2.63. The van der Waals surface area contributed by atoms with Gasteiger partial charge in [-0.2, -0.15) is 0 Å². The van der Waals surface area contributed by atoms with E-state index in [9.17, 15) is 13.2 Å². The van der Waals surface area contributed by atoms with Crippen molar-refractivity contribution in [3.05, 3.63) is 42.5 Å². The van der Waals surface area contributed by atoms with E-state index in [2.05, 4.69) is 32.7 Å². The smallest absolute Gasteiger partial charge is 0.241 e. The van der Waals surface area contributed by atoms with E-state index in [0.29, 0.717) is 12.2 Å². The highest BCUT2D eigenvalue weighted by atomic mass is 32.2. The van der Waals surface area contributed by atoms with Gasteiger partial charge in [0.05, 0.1) is 11.9 Å². The lowest BCUT2D eigenvalue weighted by Crippen LogP contribution is -2.40. The number of hydrogen-bond donors (Lipinski definition) is 1. The van der Waals surface area contributed by atoms with Gasteiger partial charge < -0.3 is 5.32 Å². The van der Waals surface area contributed by atoms with Gasteiger partial charge in [0.1, 0.15) is 6.54 Å². The average Bonchev–Trinajstić information content (AvgIpc) is 2.40. The second-order valence-electron chi connectivity index (χ2n) is 6.16. The van der Waals surface area contributed by atoms with Gasteiger partial charge in [-0.05, 0) is 23.1 Å². The number of rotatable bonds is 6. The Morgan fingerprint density at radius 1 is 1.27 bits per heavy atom. The standard InChI is InChI=1S/C16H24N2O3S/c1-6-11-17-15(19)12-18(22(5,20)21)14-9-7-13(8-10-14)16(2,3)4/h6-10H,1,11-12H2,2-5H3,(H,17,19). The first-order valence-electron chi connectivity index (χ1n) is 7.01. The number of hydrogen-bond acceptors (Lipinski definition) is 3. The molecule has 1 aromatic rings. The fourth-order valence-corrected chi connectivity index (χ4v) is 2.76. The van der Waals surface area contributed by atoms with Crippen molar-refractivity contribution in [3.63, 3.8) is 0 Å². The predicted molar refractivity (Wildman–Crippen MR) is 90.5 cm³/mol. The first-order valence-corrected chi connectivity index (χ1v) is 8.86. The van der Waals surface area contributed by atoms with Crippen LogP contribution in [0.25, 0.3) is 0 Å². The number of nitrogens with one attached hydrogen (secondary N) is 1. The summed E-state index contributed by atoms with van der Waals surface area (Å²) in [6.45, 7) is 9.81. The summed E-state index contributed by atoms with van der Waals surface area (Å²) < 4.78 is 25.0. The average molecular weight is 324 g/mol. The molecule has 1 aromatic carbocycles. The van der Waals surface area contributed by atoms with Crippen LogP contribution in [0.5, 0.6) is 0 Å². The number of anilines is 1. The van der Waals surface area contributed by atoms with Gasteiger partial charge >= 0.3 is 0 Å². The first-order chi connectivity index (χ1) is 10.1. The van der Waals surface area contributed by atoms with Gasteiger partial charge in [0.15, 0.2) is 0 Å². The van der Waals surface area contributed by atoms with E-state index < -0.39 is 10.0 Å². The summed E-state index contributed by atoms with van der Waals surface area (Å²) in [6, 6.07) is 7.22. The highest BCUT2D eigenvalue weighted by Gasteiger charge is 2.21. The molecule has 0 heterocycles. The molecular formula is C16H24N2O3S. The van der Waals surface area contributed by atoms with E-state index in [1.54, 1.807) is 18.2 Å². The van der Waals surface area contributed by atoms with Gasteiger partial charge in [-0.15, -0.1) is 6.58 Å². The lowest BCUT2D eigenvalue weighted by Gasteiger charge is -2.24. The summed E-state index contributed by atoms with van der Waals surface area (Å²) in [5.74, 6) is -0.370. The van der Waals surface area contributed by atoms with Crippen molar-refractivity contribution in [2.75, 3.05) is 23.7 Å². The monoisotopic (exact) mass is 324 g/mol. The fourth-order valence-electron chi connectivity index (χ4n) is 1.90. The third-order valence-electron chi connectivity index (χ3n) is 3.15. The van der Waals surface area contributed by atoms with Crippen LogP contribution in [-0.2, 0) is 20.2 Å². The van der Waals surface area contributed by atoms with Crippen molar-refractivity contribution < 1.29 is 13.2 Å². The number of benzene rings is 1. The lowest BCUT2D eigenvalue weighted by atomic mass is 9.87. The largest absolute Gasteiger partial charge is 0.351 e. The highest BCUT2D eigenvalue weighted by molar-refractivity contribution is 7.92. The molecular weight excluding hydrogens is 300 g/mol. The molecule has 0 aliphatic rings. The number of nitrogens with zero attached hydrogens (tertiary/aromatic N) is 1. The Morgan fingerprint density at radius 2 is 1.82 bits per heavy atom. The maximum Gasteiger partial charge on any atom is 0.241 e. The first kappa shape index (κ1) is 18.2. The predicted octanol–water partition coefficient (Wildman–Crippen LogP) is 2.05. The minimum Gasteiger partial charge on any atom is -0.351 e. The Bertz CT molecular complexity index is 628. The Hall–Kier alpha value is -1.82. The molecule has 0 aliphatic carbocycles. The van der Waals surface area contributed by atoms with Crippen LogP contribution in [-0.4, -0.2) is 33.7 Å². The fraction of sp³-hybridized carbons (Fsp3) is 0.438. The van der Waals surface area contributed by atoms with Gasteiger partial charge in [0.2, 0.25) is 15.9 Å². The summed E-state index contributed by atoms with van der Waals surface area (Å²) in [5, 5.41) is 2.58. The zero-order valence-corrected chi connectivity index (χ0v) is 14.4. The minimum atomic E-state index is -3.54. The molecule has 0 fully saturated rings. The van der Waals surface area contributed by atoms with Gasteiger partial charge in [-0.3, -0.25) is 9.10 Å². The molecule has 0 aromatic heterocycles. The third kappa shape index (κ3) is 5.18. The van der Waals surface area contributed by atoms with E-state index in [1.165, 1.54) is 0 Å². The molecule has 5 nitrogen and oxygen atoms in total. The van der Waals surface area contributed by atoms with Crippen LogP contribution in [0.4, 0.5) is 5.69 Å². The van der Waals surface area contributed by atoms with Gasteiger partial charge in [0, 0.05) is 6.54 Å². The lowest BCUT2D eigenvalue weighted by molar-refractivity contribution is -0.119. The second-order valence-corrected chi connectivity index (χ2v) is 8.07. The Balaban J connectivity index is 3.03. The van der Waals surface area contributed by atoms with Crippen LogP contribution in [0.15, 0.2) is 36.9 Å². The SMILES string of the molecule is C=CCNC(=O)CN(c1ccc(C(C)(C)C)cc1)S(C)(=O)=O. The van der Waals surface area contributed by atoms with E-state index in [1.807, 2.05) is 12.1 Å². The molecule has 0 saturated carbocycles. The molecule has 0 bridgehead atoms. The highest BCUT2D eigenvalue weighted by Crippen LogP contribution is 2.25. The van der Waals surface area contributed by atoms with E-state index >= 15 is 0 Å². The molecule has 0 spiro atoms. The van der Waals surface area contributed by atoms with Crippen molar-refractivity contribution in [1.82, 2.24) is 5.32 Å². The zero-order valence-electron chi connectivity index (χ0n) is 13.6. The normalized spacial score (nSPS) is 11.8. The Labute approximate surface area is 133 Å². The second kappa shape index (κ2) is 6.96. The van der Waals surface area contributed by atoms with E-state index in [0.717, 1.165) is 16.1 Å². The van der Waals surface area contributed by atoms with Crippen molar-refractivity contribution in [3.8, 4) is 0 Å². The summed E-state index contributed by atoms with van der Waals surface area (Å²) in [7, 11) is -3.54. The molecule has 1 N–H and O–H groups in total. The van der Waals surface area contributed by atoms with Crippen molar-refractivity contribution in [2.24, 2.45) is 0 Å². The topological polar surface area (TPSA) is 66.5 Å². The quantitative estimate of drug-likeness (QED) is 0.815. The third-order valence-corrected chi connectivity index (χ3v) is 4.29. The molecule has 0 atom stereocenters. The maximum absolute atomic E-state index is 11.9. The van der Waals surface area contributed by atoms with E-state index in [-0.39, 0.29) is 17.9 Å². The summed E-state index contributed by atoms with van der Waals surface area (Å²) in [4.78, 5) is 11.8. The molecule has 0 aliphatic heterocycles. The molecule has 1 rings (SSSR count). The molecule has 122 valence electrons. The van der Waals surface area contributed by atoms with Gasteiger partial charge in [-0.1, -0.05) is 39.0 Å². The molecule has 1 amide bonds. The molecule has 0 unspecified atom stereocenters. The zero-order chi connectivity index (χ0) is 17.0. The van der Waals surface area contributed by atoms with Crippen LogP contribution >= 0.6 is 0 Å². The Kier molecular flexibility index (Phi) is 5.77.